The summed E-state index contributed by atoms with van der Waals surface area (Å²) in [6.07, 6.45) is 1.83. The largest absolute Gasteiger partial charge is 0.465 e. The maximum atomic E-state index is 12.3. The zero-order chi connectivity index (χ0) is 15.5. The summed E-state index contributed by atoms with van der Waals surface area (Å²) in [7, 11) is -2.61. The molecule has 0 aliphatic heterocycles. The highest BCUT2D eigenvalue weighted by molar-refractivity contribution is 7.92. The van der Waals surface area contributed by atoms with Gasteiger partial charge < -0.3 is 9.72 Å². The smallest absolute Gasteiger partial charge is 0.339 e. The van der Waals surface area contributed by atoms with Crippen LogP contribution < -0.4 is 4.72 Å². The zero-order valence-electron chi connectivity index (χ0n) is 11.6. The SMILES string of the molecule is CCc1ncc(S(=O)(=O)Nc2ccccc2C(=O)OC)[nH]1. The van der Waals surface area contributed by atoms with E-state index in [2.05, 4.69) is 19.4 Å². The Kier molecular flexibility index (Phi) is 4.27. The van der Waals surface area contributed by atoms with Crippen molar-refractivity contribution in [1.82, 2.24) is 9.97 Å². The quantitative estimate of drug-likeness (QED) is 0.816. The number of H-pyrrole nitrogens is 1. The van der Waals surface area contributed by atoms with Crippen LogP contribution in [0, 0.1) is 0 Å². The van der Waals surface area contributed by atoms with E-state index in [9.17, 15) is 13.2 Å². The van der Waals surface area contributed by atoms with Gasteiger partial charge in [-0.3, -0.25) is 4.72 Å². The number of hydrogen-bond donors (Lipinski definition) is 2. The Morgan fingerprint density at radius 1 is 1.38 bits per heavy atom. The fourth-order valence-electron chi connectivity index (χ4n) is 1.72. The molecule has 0 bridgehead atoms. The second-order valence-electron chi connectivity index (χ2n) is 4.19. The summed E-state index contributed by atoms with van der Waals surface area (Å²) in [5.41, 5.74) is 0.288. The lowest BCUT2D eigenvalue weighted by molar-refractivity contribution is 0.0602. The van der Waals surface area contributed by atoms with Crippen LogP contribution in [0.2, 0.25) is 0 Å². The lowest BCUT2D eigenvalue weighted by Gasteiger charge is -2.10. The number of esters is 1. The van der Waals surface area contributed by atoms with E-state index in [1.807, 2.05) is 6.92 Å². The molecule has 21 heavy (non-hydrogen) atoms. The van der Waals surface area contributed by atoms with Crippen LogP contribution in [-0.4, -0.2) is 31.5 Å². The Labute approximate surface area is 122 Å². The number of sulfonamides is 1. The molecule has 112 valence electrons. The van der Waals surface area contributed by atoms with Gasteiger partial charge in [-0.15, -0.1) is 0 Å². The number of benzene rings is 1. The van der Waals surface area contributed by atoms with Crippen molar-refractivity contribution in [3.8, 4) is 0 Å². The number of carbonyl (C=O) groups excluding carboxylic acids is 1. The summed E-state index contributed by atoms with van der Waals surface area (Å²) in [6, 6.07) is 6.21. The van der Waals surface area contributed by atoms with Gasteiger partial charge in [0.15, 0.2) is 5.03 Å². The number of rotatable bonds is 5. The van der Waals surface area contributed by atoms with Crippen LogP contribution in [0.15, 0.2) is 35.5 Å². The van der Waals surface area contributed by atoms with E-state index in [0.717, 1.165) is 0 Å². The maximum absolute atomic E-state index is 12.3. The first kappa shape index (κ1) is 15.0. The highest BCUT2D eigenvalue weighted by Gasteiger charge is 2.20. The lowest BCUT2D eigenvalue weighted by atomic mass is 10.2. The molecular formula is C13H15N3O4S. The number of aryl methyl sites for hydroxylation is 1. The number of ether oxygens (including phenoxy) is 1. The first-order chi connectivity index (χ1) is 9.97. The molecule has 2 rings (SSSR count). The predicted octanol–water partition coefficient (Wildman–Crippen LogP) is 1.56. The summed E-state index contributed by atoms with van der Waals surface area (Å²) in [5.74, 6) is -0.0521. The van der Waals surface area contributed by atoms with Crippen molar-refractivity contribution in [3.63, 3.8) is 0 Å². The van der Waals surface area contributed by atoms with E-state index in [-0.39, 0.29) is 16.3 Å². The highest BCUT2D eigenvalue weighted by atomic mass is 32.2. The van der Waals surface area contributed by atoms with Gasteiger partial charge in [0.05, 0.1) is 24.6 Å². The van der Waals surface area contributed by atoms with Crippen LogP contribution in [0.4, 0.5) is 5.69 Å². The number of aromatic nitrogens is 2. The standard InChI is InChI=1S/C13H15N3O4S/c1-3-11-14-8-12(15-11)21(18,19)16-10-7-5-4-6-9(10)13(17)20-2/h4-8,16H,3H2,1-2H3,(H,14,15). The molecule has 8 heteroatoms. The molecule has 0 atom stereocenters. The molecule has 1 aromatic carbocycles. The van der Waals surface area contributed by atoms with E-state index < -0.39 is 16.0 Å². The van der Waals surface area contributed by atoms with Crippen molar-refractivity contribution in [1.29, 1.82) is 0 Å². The monoisotopic (exact) mass is 309 g/mol. The number of nitrogens with zero attached hydrogens (tertiary/aromatic N) is 1. The molecule has 0 saturated carbocycles. The predicted molar refractivity (Wildman–Crippen MR) is 76.6 cm³/mol. The van der Waals surface area contributed by atoms with Crippen molar-refractivity contribution < 1.29 is 17.9 Å². The minimum Gasteiger partial charge on any atom is -0.465 e. The van der Waals surface area contributed by atoms with Gasteiger partial charge in [-0.25, -0.2) is 9.78 Å². The summed E-state index contributed by atoms with van der Waals surface area (Å²) >= 11 is 0. The minimum atomic E-state index is -3.84. The second-order valence-corrected chi connectivity index (χ2v) is 5.84. The van der Waals surface area contributed by atoms with Crippen LogP contribution in [0.3, 0.4) is 0 Å². The highest BCUT2D eigenvalue weighted by Crippen LogP contribution is 2.20. The molecule has 0 aliphatic carbocycles. The molecular weight excluding hydrogens is 294 g/mol. The molecule has 0 amide bonds. The summed E-state index contributed by atoms with van der Waals surface area (Å²) in [5, 5.41) is -0.0565. The van der Waals surface area contributed by atoms with E-state index in [4.69, 9.17) is 0 Å². The second kappa shape index (κ2) is 5.96. The molecule has 0 radical (unpaired) electrons. The number of aromatic amines is 1. The Hall–Kier alpha value is -2.35. The van der Waals surface area contributed by atoms with Gasteiger partial charge in [0, 0.05) is 6.42 Å². The molecule has 0 fully saturated rings. The average Bonchev–Trinajstić information content (AvgIpc) is 2.96. The molecule has 0 spiro atoms. The van der Waals surface area contributed by atoms with Crippen LogP contribution in [-0.2, 0) is 21.2 Å². The summed E-state index contributed by atoms with van der Waals surface area (Å²) in [6.45, 7) is 1.86. The molecule has 1 aromatic heterocycles. The number of methoxy groups -OCH3 is 1. The molecule has 0 unspecified atom stereocenters. The van der Waals surface area contributed by atoms with Crippen LogP contribution in [0.1, 0.15) is 23.1 Å². The summed E-state index contributed by atoms with van der Waals surface area (Å²) in [4.78, 5) is 18.3. The number of para-hydroxylation sites is 1. The van der Waals surface area contributed by atoms with Gasteiger partial charge in [-0.1, -0.05) is 19.1 Å². The Balaban J connectivity index is 2.35. The molecule has 7 nitrogen and oxygen atoms in total. The molecule has 0 aliphatic rings. The van der Waals surface area contributed by atoms with E-state index >= 15 is 0 Å². The normalized spacial score (nSPS) is 11.1. The van der Waals surface area contributed by atoms with Crippen LogP contribution in [0.5, 0.6) is 0 Å². The van der Waals surface area contributed by atoms with Gasteiger partial charge in [0.25, 0.3) is 10.0 Å². The number of nitrogens with one attached hydrogen (secondary N) is 2. The van der Waals surface area contributed by atoms with Crippen molar-refractivity contribution in [2.75, 3.05) is 11.8 Å². The fourth-order valence-corrected chi connectivity index (χ4v) is 2.74. The van der Waals surface area contributed by atoms with Crippen LogP contribution >= 0.6 is 0 Å². The number of anilines is 1. The first-order valence-electron chi connectivity index (χ1n) is 6.22. The lowest BCUT2D eigenvalue weighted by Crippen LogP contribution is -2.16. The third kappa shape index (κ3) is 3.22. The van der Waals surface area contributed by atoms with Gasteiger partial charge >= 0.3 is 5.97 Å². The van der Waals surface area contributed by atoms with Crippen LogP contribution in [0.25, 0.3) is 0 Å². The molecule has 0 saturated heterocycles. The Morgan fingerprint density at radius 2 is 2.10 bits per heavy atom. The third-order valence-electron chi connectivity index (χ3n) is 2.81. The Morgan fingerprint density at radius 3 is 2.71 bits per heavy atom. The third-order valence-corrected chi connectivity index (χ3v) is 4.08. The fraction of sp³-hybridized carbons (Fsp3) is 0.231. The van der Waals surface area contributed by atoms with E-state index in [1.165, 1.54) is 25.4 Å². The number of carbonyl (C=O) groups is 1. The van der Waals surface area contributed by atoms with Gasteiger partial charge in [0.1, 0.15) is 5.82 Å². The average molecular weight is 309 g/mol. The van der Waals surface area contributed by atoms with Crippen molar-refractivity contribution >= 4 is 21.7 Å². The first-order valence-corrected chi connectivity index (χ1v) is 7.70. The molecule has 2 N–H and O–H groups in total. The van der Waals surface area contributed by atoms with Gasteiger partial charge in [-0.05, 0) is 12.1 Å². The van der Waals surface area contributed by atoms with E-state index in [1.54, 1.807) is 12.1 Å². The molecule has 1 heterocycles. The molecule has 2 aromatic rings. The number of hydrogen-bond acceptors (Lipinski definition) is 5. The topological polar surface area (TPSA) is 101 Å². The van der Waals surface area contributed by atoms with Gasteiger partial charge in [0.2, 0.25) is 0 Å². The minimum absolute atomic E-state index is 0.0565. The van der Waals surface area contributed by atoms with Crippen molar-refractivity contribution in [3.05, 3.63) is 41.9 Å². The van der Waals surface area contributed by atoms with Crippen molar-refractivity contribution in [2.24, 2.45) is 0 Å². The number of imidazole rings is 1. The zero-order valence-corrected chi connectivity index (χ0v) is 12.4. The Bertz CT molecular complexity index is 752. The van der Waals surface area contributed by atoms with E-state index in [0.29, 0.717) is 12.2 Å². The van der Waals surface area contributed by atoms with Gasteiger partial charge in [-0.2, -0.15) is 8.42 Å². The maximum Gasteiger partial charge on any atom is 0.339 e. The summed E-state index contributed by atoms with van der Waals surface area (Å²) < 4.78 is 31.5. The van der Waals surface area contributed by atoms with Crippen molar-refractivity contribution in [2.45, 2.75) is 18.4 Å².